The minimum absolute atomic E-state index is 0.0656. The van der Waals surface area contributed by atoms with Crippen molar-refractivity contribution < 1.29 is 19.4 Å². The monoisotopic (exact) mass is 343 g/mol. The van der Waals surface area contributed by atoms with Crippen molar-refractivity contribution in [2.45, 2.75) is 24.8 Å². The molecule has 2 aliphatic heterocycles. The molecule has 2 amide bonds. The zero-order valence-corrected chi connectivity index (χ0v) is 13.9. The second-order valence-electron chi connectivity index (χ2n) is 7.00. The van der Waals surface area contributed by atoms with Crippen LogP contribution in [0.1, 0.15) is 29.8 Å². The van der Waals surface area contributed by atoms with Gasteiger partial charge in [0.2, 0.25) is 5.91 Å². The van der Waals surface area contributed by atoms with Crippen molar-refractivity contribution in [3.8, 4) is 5.75 Å². The smallest absolute Gasteiger partial charge is 0.276 e. The summed E-state index contributed by atoms with van der Waals surface area (Å²) in [5, 5.41) is 13.1. The number of likely N-dealkylation sites (tertiary alicyclic amines) is 1. The van der Waals surface area contributed by atoms with Crippen molar-refractivity contribution >= 4 is 11.8 Å². The third-order valence-corrected chi connectivity index (χ3v) is 5.51. The minimum Gasteiger partial charge on any atom is -0.505 e. The second-order valence-corrected chi connectivity index (χ2v) is 7.00. The molecule has 2 N–H and O–H groups in total. The van der Waals surface area contributed by atoms with Gasteiger partial charge in [0.05, 0.1) is 18.8 Å². The first-order chi connectivity index (χ1) is 12.1. The van der Waals surface area contributed by atoms with Crippen LogP contribution < -0.4 is 5.32 Å². The molecule has 132 valence electrons. The van der Waals surface area contributed by atoms with E-state index in [0.29, 0.717) is 31.9 Å². The standard InChI is InChI=1S/C18H21N3O4/c22-14-4-2-7-19-15(14)17(24)21-9-13-3-1-6-18(13,11-21)20-16(23)12-5-8-25-10-12/h2,4-5,7,13,22H,1,3,6,8-11H2,(H,20,23)/t13-,18-/m0/s1. The molecule has 0 unspecified atom stereocenters. The summed E-state index contributed by atoms with van der Waals surface area (Å²) in [5.41, 5.74) is 0.337. The van der Waals surface area contributed by atoms with E-state index in [9.17, 15) is 14.7 Å². The Hall–Kier alpha value is -2.41. The molecule has 1 aromatic heterocycles. The molecule has 1 saturated heterocycles. The number of aromatic hydroxyl groups is 1. The second kappa shape index (κ2) is 6.15. The first kappa shape index (κ1) is 16.1. The molecular formula is C18H21N3O4. The first-order valence-electron chi connectivity index (χ1n) is 8.62. The summed E-state index contributed by atoms with van der Waals surface area (Å²) in [6.45, 7) is 1.84. The van der Waals surface area contributed by atoms with Gasteiger partial charge in [-0.25, -0.2) is 4.98 Å². The molecule has 0 aromatic carbocycles. The molecule has 0 spiro atoms. The van der Waals surface area contributed by atoms with E-state index in [1.807, 2.05) is 0 Å². The average Bonchev–Trinajstić information content (AvgIpc) is 3.30. The van der Waals surface area contributed by atoms with Crippen molar-refractivity contribution in [3.05, 3.63) is 35.7 Å². The Balaban J connectivity index is 1.52. The number of hydrogen-bond donors (Lipinski definition) is 2. The number of amides is 2. The van der Waals surface area contributed by atoms with Gasteiger partial charge in [0.15, 0.2) is 5.69 Å². The minimum atomic E-state index is -0.388. The number of fused-ring (bicyclic) bond motifs is 1. The third kappa shape index (κ3) is 2.78. The van der Waals surface area contributed by atoms with Crippen LogP contribution in [0.25, 0.3) is 0 Å². The van der Waals surface area contributed by atoms with Gasteiger partial charge in [0, 0.05) is 30.8 Å². The van der Waals surface area contributed by atoms with Crippen molar-refractivity contribution in [1.82, 2.24) is 15.2 Å². The van der Waals surface area contributed by atoms with Crippen LogP contribution in [0.4, 0.5) is 0 Å². The maximum absolute atomic E-state index is 12.7. The highest BCUT2D eigenvalue weighted by atomic mass is 16.5. The molecule has 2 fully saturated rings. The van der Waals surface area contributed by atoms with Crippen LogP contribution in [0.15, 0.2) is 30.0 Å². The molecule has 1 aliphatic carbocycles. The molecule has 0 bridgehead atoms. The fourth-order valence-electron chi connectivity index (χ4n) is 4.21. The number of nitrogens with one attached hydrogen (secondary N) is 1. The number of aromatic nitrogens is 1. The molecule has 1 saturated carbocycles. The maximum Gasteiger partial charge on any atom is 0.276 e. The highest BCUT2D eigenvalue weighted by Gasteiger charge is 2.52. The molecule has 4 rings (SSSR count). The Kier molecular flexibility index (Phi) is 3.95. The Morgan fingerprint density at radius 2 is 2.32 bits per heavy atom. The van der Waals surface area contributed by atoms with Gasteiger partial charge in [-0.05, 0) is 31.1 Å². The first-order valence-corrected chi connectivity index (χ1v) is 8.62. The predicted molar refractivity (Wildman–Crippen MR) is 88.9 cm³/mol. The quantitative estimate of drug-likeness (QED) is 0.849. The van der Waals surface area contributed by atoms with Gasteiger partial charge < -0.3 is 20.1 Å². The molecular weight excluding hydrogens is 322 g/mol. The lowest BCUT2D eigenvalue weighted by atomic mass is 9.90. The summed E-state index contributed by atoms with van der Waals surface area (Å²) in [6, 6.07) is 3.05. The lowest BCUT2D eigenvalue weighted by molar-refractivity contribution is -0.119. The number of carbonyl (C=O) groups is 2. The van der Waals surface area contributed by atoms with Gasteiger partial charge in [0.25, 0.3) is 5.91 Å². The Morgan fingerprint density at radius 3 is 3.08 bits per heavy atom. The lowest BCUT2D eigenvalue weighted by Crippen LogP contribution is -2.52. The summed E-state index contributed by atoms with van der Waals surface area (Å²) >= 11 is 0. The molecule has 3 aliphatic rings. The fourth-order valence-corrected chi connectivity index (χ4v) is 4.21. The van der Waals surface area contributed by atoms with Crippen molar-refractivity contribution in [1.29, 1.82) is 0 Å². The van der Waals surface area contributed by atoms with Crippen LogP contribution in [-0.4, -0.2) is 58.6 Å². The van der Waals surface area contributed by atoms with Crippen molar-refractivity contribution in [2.75, 3.05) is 26.3 Å². The topological polar surface area (TPSA) is 91.8 Å². The van der Waals surface area contributed by atoms with E-state index in [4.69, 9.17) is 4.74 Å². The third-order valence-electron chi connectivity index (χ3n) is 5.51. The highest BCUT2D eigenvalue weighted by Crippen LogP contribution is 2.42. The fraction of sp³-hybridized carbons (Fsp3) is 0.500. The van der Waals surface area contributed by atoms with E-state index in [0.717, 1.165) is 19.3 Å². The average molecular weight is 343 g/mol. The van der Waals surface area contributed by atoms with Gasteiger partial charge in [-0.1, -0.05) is 6.42 Å². The Labute approximate surface area is 145 Å². The van der Waals surface area contributed by atoms with E-state index in [1.165, 1.54) is 12.3 Å². The number of rotatable bonds is 3. The van der Waals surface area contributed by atoms with Crippen LogP contribution in [0, 0.1) is 5.92 Å². The summed E-state index contributed by atoms with van der Waals surface area (Å²) < 4.78 is 5.23. The van der Waals surface area contributed by atoms with Gasteiger partial charge in [0.1, 0.15) is 5.75 Å². The summed E-state index contributed by atoms with van der Waals surface area (Å²) in [5.74, 6) is -0.269. The van der Waals surface area contributed by atoms with E-state index in [2.05, 4.69) is 10.3 Å². The van der Waals surface area contributed by atoms with Crippen LogP contribution in [0.3, 0.4) is 0 Å². The van der Waals surface area contributed by atoms with Gasteiger partial charge in [-0.2, -0.15) is 0 Å². The molecule has 0 radical (unpaired) electrons. The highest BCUT2D eigenvalue weighted by molar-refractivity contribution is 5.96. The van der Waals surface area contributed by atoms with Crippen molar-refractivity contribution in [2.24, 2.45) is 5.92 Å². The largest absolute Gasteiger partial charge is 0.505 e. The molecule has 2 atom stereocenters. The van der Waals surface area contributed by atoms with E-state index in [1.54, 1.807) is 17.0 Å². The number of pyridine rings is 1. The number of ether oxygens (including phenoxy) is 1. The summed E-state index contributed by atoms with van der Waals surface area (Å²) in [7, 11) is 0. The molecule has 7 heteroatoms. The van der Waals surface area contributed by atoms with Gasteiger partial charge in [-0.15, -0.1) is 0 Å². The van der Waals surface area contributed by atoms with Gasteiger partial charge >= 0.3 is 0 Å². The number of hydrogen-bond acceptors (Lipinski definition) is 5. The Bertz CT molecular complexity index is 748. The molecule has 25 heavy (non-hydrogen) atoms. The van der Waals surface area contributed by atoms with Gasteiger partial charge in [-0.3, -0.25) is 9.59 Å². The SMILES string of the molecule is O=C(N[C@]12CCC[C@H]1CN(C(=O)c1ncccc1O)C2)C1=CCOC1. The van der Waals surface area contributed by atoms with E-state index in [-0.39, 0.29) is 34.7 Å². The molecule has 7 nitrogen and oxygen atoms in total. The molecule has 3 heterocycles. The van der Waals surface area contributed by atoms with Crippen LogP contribution in [-0.2, 0) is 9.53 Å². The van der Waals surface area contributed by atoms with Crippen LogP contribution >= 0.6 is 0 Å². The predicted octanol–water partition coefficient (Wildman–Crippen LogP) is 0.855. The molecule has 1 aromatic rings. The summed E-state index contributed by atoms with van der Waals surface area (Å²) in [6.07, 6.45) is 6.17. The van der Waals surface area contributed by atoms with E-state index >= 15 is 0 Å². The number of carbonyl (C=O) groups excluding carboxylic acids is 2. The van der Waals surface area contributed by atoms with Crippen LogP contribution in [0.2, 0.25) is 0 Å². The summed E-state index contributed by atoms with van der Waals surface area (Å²) in [4.78, 5) is 31.0. The van der Waals surface area contributed by atoms with Crippen LogP contribution in [0.5, 0.6) is 5.75 Å². The zero-order chi connectivity index (χ0) is 17.4. The Morgan fingerprint density at radius 1 is 1.44 bits per heavy atom. The maximum atomic E-state index is 12.7. The lowest BCUT2D eigenvalue weighted by Gasteiger charge is -2.30. The van der Waals surface area contributed by atoms with E-state index < -0.39 is 0 Å². The van der Waals surface area contributed by atoms with Crippen molar-refractivity contribution in [3.63, 3.8) is 0 Å². The number of nitrogens with zero attached hydrogens (tertiary/aromatic N) is 2. The zero-order valence-electron chi connectivity index (χ0n) is 13.9. The normalized spacial score (nSPS) is 27.9.